The lowest BCUT2D eigenvalue weighted by molar-refractivity contribution is 0.0939. The normalized spacial score (nSPS) is 11.9. The number of nitrogens with two attached hydrogens (primary N) is 1. The van der Waals surface area contributed by atoms with Gasteiger partial charge in [-0.05, 0) is 58.7 Å². The van der Waals surface area contributed by atoms with E-state index in [4.69, 9.17) is 5.73 Å². The Balaban J connectivity index is 2.13. The van der Waals surface area contributed by atoms with E-state index >= 15 is 0 Å². The zero-order chi connectivity index (χ0) is 14.7. The van der Waals surface area contributed by atoms with E-state index in [1.807, 2.05) is 25.1 Å². The molecule has 0 radical (unpaired) electrons. The van der Waals surface area contributed by atoms with Gasteiger partial charge in [0, 0.05) is 11.3 Å². The van der Waals surface area contributed by atoms with E-state index in [1.54, 1.807) is 18.2 Å². The first kappa shape index (κ1) is 14.4. The first-order valence-corrected chi connectivity index (χ1v) is 6.91. The van der Waals surface area contributed by atoms with Crippen molar-refractivity contribution in [1.29, 1.82) is 0 Å². The van der Waals surface area contributed by atoms with Gasteiger partial charge in [0.2, 0.25) is 0 Å². The lowest BCUT2D eigenvalue weighted by atomic mass is 10.1. The quantitative estimate of drug-likeness (QED) is 0.754. The maximum Gasteiger partial charge on any atom is 0.251 e. The number of nitrogens with one attached hydrogen (secondary N) is 1. The van der Waals surface area contributed by atoms with Gasteiger partial charge in [0.25, 0.3) is 5.91 Å². The molecule has 0 fully saturated rings. The number of hydrogen-bond donors (Lipinski definition) is 3. The summed E-state index contributed by atoms with van der Waals surface area (Å²) in [6, 6.07) is 11.9. The fourth-order valence-electron chi connectivity index (χ4n) is 1.85. The Kier molecular flexibility index (Phi) is 4.29. The van der Waals surface area contributed by atoms with Crippen molar-refractivity contribution in [3.8, 4) is 5.75 Å². The van der Waals surface area contributed by atoms with Crippen LogP contribution in [0.5, 0.6) is 5.75 Å². The van der Waals surface area contributed by atoms with Crippen LogP contribution in [0.3, 0.4) is 0 Å². The number of benzene rings is 2. The summed E-state index contributed by atoms with van der Waals surface area (Å²) in [7, 11) is 0. The molecule has 0 aromatic heterocycles. The number of halogens is 1. The van der Waals surface area contributed by atoms with Crippen LogP contribution in [0.25, 0.3) is 0 Å². The van der Waals surface area contributed by atoms with Gasteiger partial charge in [0.15, 0.2) is 0 Å². The molecule has 4 N–H and O–H groups in total. The molecule has 2 aromatic rings. The fraction of sp³-hybridized carbons (Fsp3) is 0.133. The van der Waals surface area contributed by atoms with E-state index in [2.05, 4.69) is 21.2 Å². The number of rotatable bonds is 3. The number of carbonyl (C=O) groups is 1. The summed E-state index contributed by atoms with van der Waals surface area (Å²) in [5, 5.41) is 12.5. The summed E-state index contributed by atoms with van der Waals surface area (Å²) < 4.78 is 0.554. The molecule has 0 saturated carbocycles. The summed E-state index contributed by atoms with van der Waals surface area (Å²) in [6.07, 6.45) is 0. The van der Waals surface area contributed by atoms with E-state index < -0.39 is 0 Å². The third-order valence-electron chi connectivity index (χ3n) is 2.97. The Morgan fingerprint density at radius 1 is 1.30 bits per heavy atom. The van der Waals surface area contributed by atoms with Crippen LogP contribution < -0.4 is 11.1 Å². The van der Waals surface area contributed by atoms with Gasteiger partial charge in [-0.25, -0.2) is 0 Å². The Morgan fingerprint density at radius 3 is 2.70 bits per heavy atom. The zero-order valence-corrected chi connectivity index (χ0v) is 12.5. The standard InChI is InChI=1S/C15H15BrN2O2/c1-9(10-3-2-4-12(17)7-10)18-15(20)11-5-6-13(16)14(19)8-11/h2-9,19H,17H2,1H3,(H,18,20). The predicted molar refractivity (Wildman–Crippen MR) is 82.5 cm³/mol. The van der Waals surface area contributed by atoms with E-state index in [0.29, 0.717) is 15.7 Å². The topological polar surface area (TPSA) is 75.3 Å². The Bertz CT molecular complexity index is 644. The van der Waals surface area contributed by atoms with Gasteiger partial charge in [0.1, 0.15) is 5.75 Å². The molecule has 2 aromatic carbocycles. The smallest absolute Gasteiger partial charge is 0.251 e. The van der Waals surface area contributed by atoms with Crippen LogP contribution in [0.2, 0.25) is 0 Å². The number of nitrogen functional groups attached to an aromatic ring is 1. The predicted octanol–water partition coefficient (Wildman–Crippen LogP) is 3.23. The van der Waals surface area contributed by atoms with Gasteiger partial charge >= 0.3 is 0 Å². The number of phenols is 1. The van der Waals surface area contributed by atoms with Crippen molar-refractivity contribution in [2.75, 3.05) is 5.73 Å². The van der Waals surface area contributed by atoms with Crippen molar-refractivity contribution in [1.82, 2.24) is 5.32 Å². The summed E-state index contributed by atoms with van der Waals surface area (Å²) in [5.41, 5.74) is 7.72. The lowest BCUT2D eigenvalue weighted by Crippen LogP contribution is -2.26. The fourth-order valence-corrected chi connectivity index (χ4v) is 2.09. The molecular weight excluding hydrogens is 320 g/mol. The molecule has 0 aliphatic carbocycles. The van der Waals surface area contributed by atoms with Gasteiger partial charge in [-0.1, -0.05) is 12.1 Å². The van der Waals surface area contributed by atoms with Crippen LogP contribution in [-0.4, -0.2) is 11.0 Å². The molecule has 104 valence electrons. The minimum atomic E-state index is -0.247. The second-order valence-electron chi connectivity index (χ2n) is 4.53. The van der Waals surface area contributed by atoms with Crippen LogP contribution >= 0.6 is 15.9 Å². The maximum absolute atomic E-state index is 12.1. The highest BCUT2D eigenvalue weighted by Crippen LogP contribution is 2.24. The average Bonchev–Trinajstić information content (AvgIpc) is 2.41. The average molecular weight is 335 g/mol. The first-order chi connectivity index (χ1) is 9.47. The third-order valence-corrected chi connectivity index (χ3v) is 3.64. The highest BCUT2D eigenvalue weighted by molar-refractivity contribution is 9.10. The van der Waals surface area contributed by atoms with E-state index in [9.17, 15) is 9.90 Å². The second kappa shape index (κ2) is 5.96. The van der Waals surface area contributed by atoms with Crippen molar-refractivity contribution >= 4 is 27.5 Å². The van der Waals surface area contributed by atoms with Crippen molar-refractivity contribution in [3.63, 3.8) is 0 Å². The van der Waals surface area contributed by atoms with Crippen molar-refractivity contribution in [2.45, 2.75) is 13.0 Å². The van der Waals surface area contributed by atoms with Crippen LogP contribution in [0.4, 0.5) is 5.69 Å². The lowest BCUT2D eigenvalue weighted by Gasteiger charge is -2.15. The monoisotopic (exact) mass is 334 g/mol. The SMILES string of the molecule is CC(NC(=O)c1ccc(Br)c(O)c1)c1cccc(N)c1. The highest BCUT2D eigenvalue weighted by atomic mass is 79.9. The highest BCUT2D eigenvalue weighted by Gasteiger charge is 2.12. The maximum atomic E-state index is 12.1. The van der Waals surface area contributed by atoms with Gasteiger partial charge < -0.3 is 16.2 Å². The number of aromatic hydroxyl groups is 1. The zero-order valence-electron chi connectivity index (χ0n) is 10.9. The van der Waals surface area contributed by atoms with Crippen LogP contribution in [0.15, 0.2) is 46.9 Å². The summed E-state index contributed by atoms with van der Waals surface area (Å²) in [6.45, 7) is 1.88. The van der Waals surface area contributed by atoms with Crippen molar-refractivity contribution in [2.24, 2.45) is 0 Å². The molecule has 1 amide bonds. The van der Waals surface area contributed by atoms with E-state index in [1.165, 1.54) is 6.07 Å². The molecule has 0 heterocycles. The largest absolute Gasteiger partial charge is 0.507 e. The molecule has 1 unspecified atom stereocenters. The Labute approximate surface area is 125 Å². The van der Waals surface area contributed by atoms with Crippen molar-refractivity contribution < 1.29 is 9.90 Å². The Morgan fingerprint density at radius 2 is 2.05 bits per heavy atom. The first-order valence-electron chi connectivity index (χ1n) is 6.12. The van der Waals surface area contributed by atoms with Gasteiger partial charge in [-0.15, -0.1) is 0 Å². The Hall–Kier alpha value is -2.01. The van der Waals surface area contributed by atoms with E-state index in [-0.39, 0.29) is 17.7 Å². The minimum absolute atomic E-state index is 0.0364. The molecule has 1 atom stereocenters. The van der Waals surface area contributed by atoms with Crippen LogP contribution in [-0.2, 0) is 0 Å². The van der Waals surface area contributed by atoms with Gasteiger partial charge in [-0.3, -0.25) is 4.79 Å². The number of carbonyl (C=O) groups excluding carboxylic acids is 1. The molecule has 0 spiro atoms. The molecule has 0 bridgehead atoms. The molecule has 20 heavy (non-hydrogen) atoms. The van der Waals surface area contributed by atoms with Crippen LogP contribution in [0.1, 0.15) is 28.9 Å². The van der Waals surface area contributed by atoms with E-state index in [0.717, 1.165) is 5.56 Å². The summed E-state index contributed by atoms with van der Waals surface area (Å²) in [4.78, 5) is 12.1. The van der Waals surface area contributed by atoms with Crippen LogP contribution in [0, 0.1) is 0 Å². The summed E-state index contributed by atoms with van der Waals surface area (Å²) >= 11 is 3.18. The van der Waals surface area contributed by atoms with Crippen molar-refractivity contribution in [3.05, 3.63) is 58.1 Å². The third kappa shape index (κ3) is 3.30. The number of anilines is 1. The molecule has 2 rings (SSSR count). The van der Waals surface area contributed by atoms with Gasteiger partial charge in [-0.2, -0.15) is 0 Å². The molecule has 0 aliphatic rings. The number of amides is 1. The minimum Gasteiger partial charge on any atom is -0.507 e. The molecule has 5 heteroatoms. The second-order valence-corrected chi connectivity index (χ2v) is 5.39. The van der Waals surface area contributed by atoms with Gasteiger partial charge in [0.05, 0.1) is 10.5 Å². The molecule has 0 saturated heterocycles. The molecule has 4 nitrogen and oxygen atoms in total. The number of phenolic OH excluding ortho intramolecular Hbond substituents is 1. The summed E-state index contributed by atoms with van der Waals surface area (Å²) in [5.74, 6) is -0.211. The number of hydrogen-bond acceptors (Lipinski definition) is 3. The molecule has 0 aliphatic heterocycles. The molecular formula is C15H15BrN2O2.